The first-order chi connectivity index (χ1) is 11.8. The predicted molar refractivity (Wildman–Crippen MR) is 96.9 cm³/mol. The lowest BCUT2D eigenvalue weighted by Gasteiger charge is -2.44. The third-order valence-electron chi connectivity index (χ3n) is 5.71. The van der Waals surface area contributed by atoms with Crippen molar-refractivity contribution in [2.45, 2.75) is 76.9 Å². The molecule has 2 fully saturated rings. The molecule has 0 aromatic carbocycles. The number of aliphatic hydroxyl groups is 1. The number of aromatic nitrogens is 2. The van der Waals surface area contributed by atoms with Crippen LogP contribution in [0.1, 0.15) is 63.4 Å². The smallest absolute Gasteiger partial charge is 0.106 e. The van der Waals surface area contributed by atoms with Crippen molar-refractivity contribution in [1.29, 1.82) is 0 Å². The van der Waals surface area contributed by atoms with Crippen molar-refractivity contribution in [2.24, 2.45) is 0 Å². The average molecular weight is 335 g/mol. The topological polar surface area (TPSA) is 55.4 Å². The van der Waals surface area contributed by atoms with E-state index >= 15 is 0 Å². The minimum Gasteiger partial charge on any atom is -0.396 e. The van der Waals surface area contributed by atoms with Crippen molar-refractivity contribution < 1.29 is 5.11 Å². The molecule has 1 atom stereocenters. The van der Waals surface area contributed by atoms with Crippen LogP contribution in [0.4, 0.5) is 0 Å². The van der Waals surface area contributed by atoms with Crippen molar-refractivity contribution in [2.75, 3.05) is 26.2 Å². The van der Waals surface area contributed by atoms with E-state index in [0.29, 0.717) is 12.6 Å². The number of rotatable bonds is 8. The summed E-state index contributed by atoms with van der Waals surface area (Å²) < 4.78 is 0. The fraction of sp³-hybridized carbons (Fsp3) is 0.842. The highest BCUT2D eigenvalue weighted by Gasteiger charge is 2.33. The molecule has 0 amide bonds. The molecule has 3 rings (SSSR count). The third kappa shape index (κ3) is 4.58. The summed E-state index contributed by atoms with van der Waals surface area (Å²) in [5.74, 6) is 1.13. The van der Waals surface area contributed by atoms with Gasteiger partial charge in [0.05, 0.1) is 0 Å². The van der Waals surface area contributed by atoms with Crippen LogP contribution >= 0.6 is 0 Å². The van der Waals surface area contributed by atoms with E-state index in [-0.39, 0.29) is 0 Å². The van der Waals surface area contributed by atoms with E-state index in [1.165, 1.54) is 44.2 Å². The number of aryl methyl sites for hydroxylation is 1. The van der Waals surface area contributed by atoms with E-state index < -0.39 is 0 Å². The standard InChI is InChI=1S/C19H34N4O/c1-2-3-8-19-20-13-16(21-19)14-22-10-11-23(17-6-4-5-7-17)18(15-22)9-12-24/h13,17-18,24H,2-12,14-15H2,1H3,(H,20,21)/t18-/m1/s1. The number of nitrogens with zero attached hydrogens (tertiary/aromatic N) is 3. The molecule has 5 nitrogen and oxygen atoms in total. The number of imidazole rings is 1. The van der Waals surface area contributed by atoms with E-state index in [0.717, 1.165) is 50.9 Å². The molecule has 1 aromatic heterocycles. The zero-order chi connectivity index (χ0) is 16.8. The minimum atomic E-state index is 0.299. The number of aromatic amines is 1. The third-order valence-corrected chi connectivity index (χ3v) is 5.71. The Morgan fingerprint density at radius 1 is 1.29 bits per heavy atom. The van der Waals surface area contributed by atoms with Crippen molar-refractivity contribution in [3.05, 3.63) is 17.7 Å². The van der Waals surface area contributed by atoms with Crippen LogP contribution in [0, 0.1) is 0 Å². The summed E-state index contributed by atoms with van der Waals surface area (Å²) in [4.78, 5) is 13.2. The lowest BCUT2D eigenvalue weighted by molar-refractivity contribution is 0.0263. The van der Waals surface area contributed by atoms with E-state index in [4.69, 9.17) is 0 Å². The largest absolute Gasteiger partial charge is 0.396 e. The van der Waals surface area contributed by atoms with E-state index in [2.05, 4.69) is 26.7 Å². The second kappa shape index (κ2) is 8.97. The normalized spacial score (nSPS) is 24.0. The highest BCUT2D eigenvalue weighted by molar-refractivity contribution is 5.02. The first-order valence-electron chi connectivity index (χ1n) is 9.92. The first kappa shape index (κ1) is 17.9. The summed E-state index contributed by atoms with van der Waals surface area (Å²) in [5, 5.41) is 9.48. The summed E-state index contributed by atoms with van der Waals surface area (Å²) >= 11 is 0. The Hall–Kier alpha value is -0.910. The first-order valence-corrected chi connectivity index (χ1v) is 9.92. The number of hydrogen-bond acceptors (Lipinski definition) is 4. The van der Waals surface area contributed by atoms with Gasteiger partial charge in [0, 0.05) is 63.2 Å². The maximum atomic E-state index is 9.48. The average Bonchev–Trinajstić information content (AvgIpc) is 3.25. The molecule has 0 spiro atoms. The van der Waals surface area contributed by atoms with Crippen LogP contribution in [0.25, 0.3) is 0 Å². The van der Waals surface area contributed by atoms with E-state index in [1.54, 1.807) is 0 Å². The second-order valence-electron chi connectivity index (χ2n) is 7.54. The van der Waals surface area contributed by atoms with Gasteiger partial charge in [-0.3, -0.25) is 9.80 Å². The molecule has 1 aliphatic carbocycles. The molecular weight excluding hydrogens is 300 g/mol. The lowest BCUT2D eigenvalue weighted by atomic mass is 10.0. The van der Waals surface area contributed by atoms with Crippen molar-refractivity contribution in [3.8, 4) is 0 Å². The summed E-state index contributed by atoms with van der Waals surface area (Å²) in [6, 6.07) is 1.27. The number of hydrogen-bond donors (Lipinski definition) is 2. The maximum Gasteiger partial charge on any atom is 0.106 e. The molecule has 136 valence electrons. The van der Waals surface area contributed by atoms with Crippen LogP contribution in [-0.4, -0.2) is 63.2 Å². The molecule has 1 saturated heterocycles. The van der Waals surface area contributed by atoms with E-state index in [9.17, 15) is 5.11 Å². The van der Waals surface area contributed by atoms with Gasteiger partial charge < -0.3 is 10.1 Å². The van der Waals surface area contributed by atoms with Crippen LogP contribution < -0.4 is 0 Å². The highest BCUT2D eigenvalue weighted by atomic mass is 16.3. The zero-order valence-corrected chi connectivity index (χ0v) is 15.2. The Morgan fingerprint density at radius 3 is 2.88 bits per heavy atom. The summed E-state index contributed by atoms with van der Waals surface area (Å²) in [7, 11) is 0. The fourth-order valence-corrected chi connectivity index (χ4v) is 4.40. The lowest BCUT2D eigenvalue weighted by Crippen LogP contribution is -2.56. The molecule has 0 unspecified atom stereocenters. The van der Waals surface area contributed by atoms with Gasteiger partial charge >= 0.3 is 0 Å². The number of unbranched alkanes of at least 4 members (excludes halogenated alkanes) is 1. The van der Waals surface area contributed by atoms with Gasteiger partial charge in [-0.1, -0.05) is 26.2 Å². The van der Waals surface area contributed by atoms with Crippen LogP contribution in [0.15, 0.2) is 6.20 Å². The van der Waals surface area contributed by atoms with Crippen LogP contribution in [0.2, 0.25) is 0 Å². The summed E-state index contributed by atoms with van der Waals surface area (Å²) in [6.45, 7) is 6.82. The summed E-state index contributed by atoms with van der Waals surface area (Å²) in [5.41, 5.74) is 1.23. The van der Waals surface area contributed by atoms with Gasteiger partial charge in [0.25, 0.3) is 0 Å². The molecule has 0 radical (unpaired) electrons. The van der Waals surface area contributed by atoms with Crippen LogP contribution in [-0.2, 0) is 13.0 Å². The molecule has 2 N–H and O–H groups in total. The van der Waals surface area contributed by atoms with Crippen molar-refractivity contribution in [3.63, 3.8) is 0 Å². The Balaban J connectivity index is 1.54. The fourth-order valence-electron chi connectivity index (χ4n) is 4.40. The maximum absolute atomic E-state index is 9.48. The van der Waals surface area contributed by atoms with Gasteiger partial charge in [0.15, 0.2) is 0 Å². The van der Waals surface area contributed by atoms with Gasteiger partial charge in [0.1, 0.15) is 5.82 Å². The number of piperazine rings is 1. The van der Waals surface area contributed by atoms with Crippen LogP contribution in [0.5, 0.6) is 0 Å². The molecule has 2 aliphatic rings. The molecule has 2 heterocycles. The summed E-state index contributed by atoms with van der Waals surface area (Å²) in [6.07, 6.45) is 11.8. The van der Waals surface area contributed by atoms with Gasteiger partial charge in [-0.15, -0.1) is 0 Å². The van der Waals surface area contributed by atoms with E-state index in [1.807, 2.05) is 6.20 Å². The Kier molecular flexibility index (Phi) is 6.69. The molecule has 0 bridgehead atoms. The molecule has 24 heavy (non-hydrogen) atoms. The molecule has 5 heteroatoms. The number of nitrogens with one attached hydrogen (secondary N) is 1. The zero-order valence-electron chi connectivity index (χ0n) is 15.2. The SMILES string of the molecule is CCCCc1ncc(CN2CCN(C3CCCC3)[C@H](CCO)C2)[nH]1. The van der Waals surface area contributed by atoms with Crippen molar-refractivity contribution >= 4 is 0 Å². The monoisotopic (exact) mass is 334 g/mol. The predicted octanol–water partition coefficient (Wildman–Crippen LogP) is 2.56. The Bertz CT molecular complexity index is 483. The second-order valence-corrected chi connectivity index (χ2v) is 7.54. The minimum absolute atomic E-state index is 0.299. The molecule has 1 aromatic rings. The molecular formula is C19H34N4O. The quantitative estimate of drug-likeness (QED) is 0.767. The molecule has 1 aliphatic heterocycles. The number of H-pyrrole nitrogens is 1. The van der Waals surface area contributed by atoms with Gasteiger partial charge in [-0.2, -0.15) is 0 Å². The van der Waals surface area contributed by atoms with Gasteiger partial charge in [0.2, 0.25) is 0 Å². The van der Waals surface area contributed by atoms with Crippen LogP contribution in [0.3, 0.4) is 0 Å². The van der Waals surface area contributed by atoms with Gasteiger partial charge in [-0.05, 0) is 25.7 Å². The molecule has 1 saturated carbocycles. The Labute approximate surface area is 146 Å². The number of aliphatic hydroxyl groups excluding tert-OH is 1. The Morgan fingerprint density at radius 2 is 2.12 bits per heavy atom. The van der Waals surface area contributed by atoms with Gasteiger partial charge in [-0.25, -0.2) is 4.98 Å². The highest BCUT2D eigenvalue weighted by Crippen LogP contribution is 2.28. The van der Waals surface area contributed by atoms with Crippen molar-refractivity contribution in [1.82, 2.24) is 19.8 Å².